The first-order chi connectivity index (χ1) is 14.6. The zero-order valence-electron chi connectivity index (χ0n) is 15.8. The predicted octanol–water partition coefficient (Wildman–Crippen LogP) is 3.22. The van der Waals surface area contributed by atoms with Crippen molar-refractivity contribution in [2.75, 3.05) is 11.9 Å². The van der Waals surface area contributed by atoms with E-state index < -0.39 is 18.6 Å². The van der Waals surface area contributed by atoms with Gasteiger partial charge in [0, 0.05) is 34.0 Å². The lowest BCUT2D eigenvalue weighted by molar-refractivity contribution is -0.139. The number of para-hydroxylation sites is 1. The van der Waals surface area contributed by atoms with Crippen LogP contribution < -0.4 is 10.1 Å². The molecule has 0 amide bonds. The number of carbonyl (C=O) groups excluding carboxylic acids is 1. The maximum atomic E-state index is 13.3. The number of hydrogen-bond acceptors (Lipinski definition) is 7. The second-order valence-corrected chi connectivity index (χ2v) is 8.19. The van der Waals surface area contributed by atoms with Crippen LogP contribution in [0, 0.1) is 0 Å². The summed E-state index contributed by atoms with van der Waals surface area (Å²) in [4.78, 5) is 29.8. The Morgan fingerprint density at radius 3 is 2.93 bits per heavy atom. The molecule has 0 spiro atoms. The molecule has 1 aliphatic heterocycles. The van der Waals surface area contributed by atoms with Crippen LogP contribution in [0.2, 0.25) is 0 Å². The highest BCUT2D eigenvalue weighted by Crippen LogP contribution is 2.46. The van der Waals surface area contributed by atoms with Crippen LogP contribution in [0.3, 0.4) is 0 Å². The average Bonchev–Trinajstić information content (AvgIpc) is 3.42. The van der Waals surface area contributed by atoms with Gasteiger partial charge in [0.05, 0.1) is 0 Å². The van der Waals surface area contributed by atoms with Crippen molar-refractivity contribution in [2.24, 2.45) is 0 Å². The second kappa shape index (κ2) is 7.42. The highest BCUT2D eigenvalue weighted by molar-refractivity contribution is 7.10. The number of fused-ring (bicyclic) bond motifs is 1. The summed E-state index contributed by atoms with van der Waals surface area (Å²) in [6.45, 7) is -0.466. The highest BCUT2D eigenvalue weighted by atomic mass is 32.1. The second-order valence-electron chi connectivity index (χ2n) is 7.21. The molecule has 1 aliphatic carbocycles. The molecule has 2 aliphatic rings. The SMILES string of the molecule is O=C(O)COc1ccccc1C1C2=C(CC(c3cccs3)CC2=O)Nc2ncnn21. The van der Waals surface area contributed by atoms with Gasteiger partial charge in [-0.25, -0.2) is 9.48 Å². The molecule has 5 rings (SSSR count). The molecule has 0 saturated heterocycles. The molecular weight excluding hydrogens is 404 g/mol. The summed E-state index contributed by atoms with van der Waals surface area (Å²) in [5, 5.41) is 18.7. The molecule has 0 bridgehead atoms. The summed E-state index contributed by atoms with van der Waals surface area (Å²) in [6.07, 6.45) is 2.55. The van der Waals surface area contributed by atoms with E-state index in [4.69, 9.17) is 9.84 Å². The van der Waals surface area contributed by atoms with Gasteiger partial charge >= 0.3 is 5.97 Å². The number of benzene rings is 1. The van der Waals surface area contributed by atoms with Crippen molar-refractivity contribution in [1.82, 2.24) is 14.8 Å². The topological polar surface area (TPSA) is 106 Å². The third kappa shape index (κ3) is 3.17. The van der Waals surface area contributed by atoms with Crippen molar-refractivity contribution in [2.45, 2.75) is 24.8 Å². The molecular formula is C21H18N4O4S. The van der Waals surface area contributed by atoms with E-state index >= 15 is 0 Å². The van der Waals surface area contributed by atoms with Gasteiger partial charge in [-0.3, -0.25) is 4.79 Å². The number of nitrogens with zero attached hydrogens (tertiary/aromatic N) is 3. The molecule has 30 heavy (non-hydrogen) atoms. The Kier molecular flexibility index (Phi) is 4.59. The number of aromatic nitrogens is 3. The monoisotopic (exact) mass is 422 g/mol. The fourth-order valence-electron chi connectivity index (χ4n) is 4.14. The molecule has 2 aromatic heterocycles. The lowest BCUT2D eigenvalue weighted by atomic mass is 9.80. The minimum atomic E-state index is -1.07. The lowest BCUT2D eigenvalue weighted by Crippen LogP contribution is -2.33. The van der Waals surface area contributed by atoms with Crippen LogP contribution in [0.25, 0.3) is 0 Å². The van der Waals surface area contributed by atoms with Crippen LogP contribution in [-0.4, -0.2) is 38.2 Å². The molecule has 3 heterocycles. The van der Waals surface area contributed by atoms with E-state index in [1.54, 1.807) is 28.2 Å². The number of ether oxygens (including phenoxy) is 1. The zero-order valence-corrected chi connectivity index (χ0v) is 16.6. The quantitative estimate of drug-likeness (QED) is 0.650. The molecule has 2 N–H and O–H groups in total. The van der Waals surface area contributed by atoms with Gasteiger partial charge in [0.25, 0.3) is 0 Å². The summed E-state index contributed by atoms with van der Waals surface area (Å²) in [5.41, 5.74) is 2.15. The summed E-state index contributed by atoms with van der Waals surface area (Å²) < 4.78 is 7.18. The lowest BCUT2D eigenvalue weighted by Gasteiger charge is -2.35. The molecule has 152 valence electrons. The average molecular weight is 422 g/mol. The summed E-state index contributed by atoms with van der Waals surface area (Å²) in [5.74, 6) is 0.0578. The first-order valence-corrected chi connectivity index (χ1v) is 10.4. The van der Waals surface area contributed by atoms with Crippen molar-refractivity contribution in [3.63, 3.8) is 0 Å². The van der Waals surface area contributed by atoms with E-state index in [1.807, 2.05) is 23.6 Å². The fourth-order valence-corrected chi connectivity index (χ4v) is 4.97. The number of carbonyl (C=O) groups is 2. The van der Waals surface area contributed by atoms with E-state index in [2.05, 4.69) is 21.5 Å². The maximum Gasteiger partial charge on any atom is 0.341 e. The van der Waals surface area contributed by atoms with E-state index in [0.717, 1.165) is 5.70 Å². The summed E-state index contributed by atoms with van der Waals surface area (Å²) in [7, 11) is 0. The van der Waals surface area contributed by atoms with Crippen molar-refractivity contribution < 1.29 is 19.4 Å². The van der Waals surface area contributed by atoms with E-state index in [9.17, 15) is 9.59 Å². The van der Waals surface area contributed by atoms with Crippen LogP contribution in [0.4, 0.5) is 5.95 Å². The fraction of sp³-hybridized carbons (Fsp3) is 0.238. The molecule has 1 aromatic carbocycles. The van der Waals surface area contributed by atoms with Gasteiger partial charge in [0.15, 0.2) is 12.4 Å². The Bertz CT molecular complexity index is 1150. The number of thiophene rings is 1. The molecule has 0 saturated carbocycles. The van der Waals surface area contributed by atoms with Crippen molar-refractivity contribution in [3.8, 4) is 5.75 Å². The number of carboxylic acid groups (broad SMARTS) is 1. The first kappa shape index (κ1) is 18.6. The minimum Gasteiger partial charge on any atom is -0.482 e. The molecule has 8 nitrogen and oxygen atoms in total. The standard InChI is InChI=1S/C21H18N4O4S/c26-15-9-12(17-6-3-7-30-17)8-14-19(15)20(25-21(24-14)22-11-23-25)13-4-1-2-5-16(13)29-10-18(27)28/h1-7,11-12,20H,8-10H2,(H,27,28)(H,22,23,24). The van der Waals surface area contributed by atoms with Crippen molar-refractivity contribution in [1.29, 1.82) is 0 Å². The normalized spacial score (nSPS) is 20.3. The molecule has 0 radical (unpaired) electrons. The third-order valence-electron chi connectivity index (χ3n) is 5.37. The molecule has 0 fully saturated rings. The highest BCUT2D eigenvalue weighted by Gasteiger charge is 2.40. The Morgan fingerprint density at radius 1 is 1.27 bits per heavy atom. The van der Waals surface area contributed by atoms with Gasteiger partial charge < -0.3 is 15.2 Å². The minimum absolute atomic E-state index is 0.0429. The van der Waals surface area contributed by atoms with Crippen molar-refractivity contribution >= 4 is 29.0 Å². The molecule has 3 aromatic rings. The van der Waals surface area contributed by atoms with Crippen LogP contribution in [0.1, 0.15) is 35.2 Å². The van der Waals surface area contributed by atoms with Gasteiger partial charge in [0.2, 0.25) is 5.95 Å². The Morgan fingerprint density at radius 2 is 2.13 bits per heavy atom. The largest absolute Gasteiger partial charge is 0.482 e. The number of allylic oxidation sites excluding steroid dienone is 2. The van der Waals surface area contributed by atoms with Gasteiger partial charge in [-0.1, -0.05) is 24.3 Å². The number of Topliss-reactive ketones (excluding diaryl/α,β-unsaturated/α-hetero) is 1. The van der Waals surface area contributed by atoms with Crippen molar-refractivity contribution in [3.05, 3.63) is 69.8 Å². The first-order valence-electron chi connectivity index (χ1n) is 9.51. The van der Waals surface area contributed by atoms with Gasteiger partial charge in [-0.15, -0.1) is 11.3 Å². The van der Waals surface area contributed by atoms with E-state index in [-0.39, 0.29) is 11.7 Å². The molecule has 2 unspecified atom stereocenters. The van der Waals surface area contributed by atoms with Gasteiger partial charge in [-0.05, 0) is 23.9 Å². The van der Waals surface area contributed by atoms with E-state index in [0.29, 0.717) is 35.7 Å². The smallest absolute Gasteiger partial charge is 0.341 e. The number of ketones is 1. The number of rotatable bonds is 5. The number of aliphatic carboxylic acids is 1. The third-order valence-corrected chi connectivity index (χ3v) is 6.41. The molecule has 2 atom stereocenters. The van der Waals surface area contributed by atoms with Gasteiger partial charge in [0.1, 0.15) is 18.1 Å². The zero-order chi connectivity index (χ0) is 20.7. The van der Waals surface area contributed by atoms with Crippen LogP contribution >= 0.6 is 11.3 Å². The number of hydrogen-bond donors (Lipinski definition) is 2. The van der Waals surface area contributed by atoms with Crippen LogP contribution in [0.5, 0.6) is 5.75 Å². The molecule has 9 heteroatoms. The van der Waals surface area contributed by atoms with Crippen LogP contribution in [0.15, 0.2) is 59.4 Å². The van der Waals surface area contributed by atoms with Crippen LogP contribution in [-0.2, 0) is 9.59 Å². The Balaban J connectivity index is 1.60. The number of anilines is 1. The summed E-state index contributed by atoms with van der Waals surface area (Å²) >= 11 is 1.66. The number of carboxylic acids is 1. The Labute approximate surface area is 175 Å². The van der Waals surface area contributed by atoms with Gasteiger partial charge in [-0.2, -0.15) is 10.1 Å². The maximum absolute atomic E-state index is 13.3. The summed E-state index contributed by atoms with van der Waals surface area (Å²) in [6, 6.07) is 10.7. The van der Waals surface area contributed by atoms with E-state index in [1.165, 1.54) is 11.2 Å². The number of nitrogens with one attached hydrogen (secondary N) is 1. The Hall–Kier alpha value is -3.46. The predicted molar refractivity (Wildman–Crippen MR) is 110 cm³/mol.